The van der Waals surface area contributed by atoms with E-state index in [1.165, 1.54) is 5.56 Å². The van der Waals surface area contributed by atoms with Crippen LogP contribution in [0, 0.1) is 0 Å². The van der Waals surface area contributed by atoms with E-state index in [0.717, 1.165) is 18.8 Å². The van der Waals surface area contributed by atoms with Crippen molar-refractivity contribution in [3.8, 4) is 5.75 Å². The number of hydrogen-bond donors (Lipinski definition) is 1. The molecule has 0 aliphatic carbocycles. The summed E-state index contributed by atoms with van der Waals surface area (Å²) in [7, 11) is 1.99. The predicted molar refractivity (Wildman–Crippen MR) is 68.4 cm³/mol. The van der Waals surface area contributed by atoms with Gasteiger partial charge in [0.2, 0.25) is 0 Å². The lowest BCUT2D eigenvalue weighted by molar-refractivity contribution is -0.0326. The van der Waals surface area contributed by atoms with Gasteiger partial charge in [0.25, 0.3) is 0 Å². The van der Waals surface area contributed by atoms with Crippen LogP contribution in [0.5, 0.6) is 5.75 Å². The number of rotatable bonds is 4. The summed E-state index contributed by atoms with van der Waals surface area (Å²) in [5.41, 5.74) is 1.00. The summed E-state index contributed by atoms with van der Waals surface area (Å²) in [6, 6.07) is 8.56. The number of para-hydroxylation sites is 1. The molecule has 0 bridgehead atoms. The number of ether oxygens (including phenoxy) is 2. The van der Waals surface area contributed by atoms with Gasteiger partial charge in [0, 0.05) is 24.6 Å². The zero-order chi connectivity index (χ0) is 12.3. The van der Waals surface area contributed by atoms with E-state index in [2.05, 4.69) is 24.4 Å². The molecule has 3 nitrogen and oxygen atoms in total. The van der Waals surface area contributed by atoms with Crippen molar-refractivity contribution in [3.63, 3.8) is 0 Å². The van der Waals surface area contributed by atoms with Crippen molar-refractivity contribution in [1.82, 2.24) is 5.32 Å². The fraction of sp³-hybridized carbons (Fsp3) is 0.571. The molecule has 2 atom stereocenters. The van der Waals surface area contributed by atoms with Crippen LogP contribution in [0.2, 0.25) is 0 Å². The molecule has 0 amide bonds. The van der Waals surface area contributed by atoms with Gasteiger partial charge in [-0.2, -0.15) is 0 Å². The minimum Gasteiger partial charge on any atom is -0.485 e. The number of nitrogens with one attached hydrogen (secondary N) is 1. The van der Waals surface area contributed by atoms with Crippen molar-refractivity contribution < 1.29 is 9.47 Å². The Morgan fingerprint density at radius 3 is 2.94 bits per heavy atom. The maximum atomic E-state index is 6.09. The smallest absolute Gasteiger partial charge is 0.131 e. The summed E-state index contributed by atoms with van der Waals surface area (Å²) in [6.07, 6.45) is 0.931. The molecule has 0 spiro atoms. The van der Waals surface area contributed by atoms with Gasteiger partial charge >= 0.3 is 0 Å². The van der Waals surface area contributed by atoms with E-state index in [1.54, 1.807) is 0 Å². The summed E-state index contributed by atoms with van der Waals surface area (Å²) < 4.78 is 11.6. The highest BCUT2D eigenvalue weighted by atomic mass is 16.5. The van der Waals surface area contributed by atoms with E-state index in [9.17, 15) is 0 Å². The lowest BCUT2D eigenvalue weighted by Gasteiger charge is -2.39. The van der Waals surface area contributed by atoms with E-state index >= 15 is 0 Å². The van der Waals surface area contributed by atoms with Gasteiger partial charge < -0.3 is 14.8 Å². The highest BCUT2D eigenvalue weighted by Gasteiger charge is 2.36. The zero-order valence-electron chi connectivity index (χ0n) is 10.8. The Hall–Kier alpha value is -1.06. The molecule has 0 fully saturated rings. The minimum absolute atomic E-state index is 0.238. The SMILES string of the molecule is CCOCC1(C)CC(NC)c2ccccc2O1. The summed E-state index contributed by atoms with van der Waals surface area (Å²) in [4.78, 5) is 0. The monoisotopic (exact) mass is 235 g/mol. The molecule has 1 aliphatic rings. The summed E-state index contributed by atoms with van der Waals surface area (Å²) in [5.74, 6) is 0.973. The van der Waals surface area contributed by atoms with Gasteiger partial charge in [0.15, 0.2) is 0 Å². The first kappa shape index (κ1) is 12.4. The molecule has 94 valence electrons. The molecule has 2 unspecified atom stereocenters. The van der Waals surface area contributed by atoms with Crippen molar-refractivity contribution in [2.75, 3.05) is 20.3 Å². The second kappa shape index (κ2) is 5.07. The van der Waals surface area contributed by atoms with Gasteiger partial charge in [-0.15, -0.1) is 0 Å². The lowest BCUT2D eigenvalue weighted by Crippen LogP contribution is -2.44. The molecule has 1 heterocycles. The van der Waals surface area contributed by atoms with Crippen LogP contribution >= 0.6 is 0 Å². The number of fused-ring (bicyclic) bond motifs is 1. The molecular formula is C14H21NO2. The lowest BCUT2D eigenvalue weighted by atomic mass is 9.89. The van der Waals surface area contributed by atoms with Crippen LogP contribution < -0.4 is 10.1 Å². The van der Waals surface area contributed by atoms with Gasteiger partial charge in [-0.25, -0.2) is 0 Å². The average molecular weight is 235 g/mol. The molecule has 1 aromatic rings. The van der Waals surface area contributed by atoms with Crippen LogP contribution in [0.25, 0.3) is 0 Å². The molecule has 0 saturated carbocycles. The Labute approximate surface area is 103 Å². The van der Waals surface area contributed by atoms with Gasteiger partial charge in [0.05, 0.1) is 6.61 Å². The van der Waals surface area contributed by atoms with Crippen molar-refractivity contribution in [2.45, 2.75) is 31.9 Å². The summed E-state index contributed by atoms with van der Waals surface area (Å²) in [6.45, 7) is 5.49. The highest BCUT2D eigenvalue weighted by molar-refractivity contribution is 5.38. The Kier molecular flexibility index (Phi) is 3.69. The number of benzene rings is 1. The Bertz CT molecular complexity index is 380. The van der Waals surface area contributed by atoms with Gasteiger partial charge in [0.1, 0.15) is 11.4 Å². The van der Waals surface area contributed by atoms with Crippen molar-refractivity contribution in [1.29, 1.82) is 0 Å². The molecule has 2 rings (SSSR count). The molecule has 0 saturated heterocycles. The molecular weight excluding hydrogens is 214 g/mol. The quantitative estimate of drug-likeness (QED) is 0.870. The first-order valence-electron chi connectivity index (χ1n) is 6.21. The van der Waals surface area contributed by atoms with Crippen LogP contribution in [0.15, 0.2) is 24.3 Å². The van der Waals surface area contributed by atoms with Crippen molar-refractivity contribution in [3.05, 3.63) is 29.8 Å². The minimum atomic E-state index is -0.238. The second-order valence-electron chi connectivity index (χ2n) is 4.77. The van der Waals surface area contributed by atoms with Crippen LogP contribution in [-0.2, 0) is 4.74 Å². The van der Waals surface area contributed by atoms with Crippen molar-refractivity contribution >= 4 is 0 Å². The van der Waals surface area contributed by atoms with Crippen LogP contribution in [0.3, 0.4) is 0 Å². The van der Waals surface area contributed by atoms with Crippen LogP contribution in [0.1, 0.15) is 31.9 Å². The number of hydrogen-bond acceptors (Lipinski definition) is 3. The first-order valence-corrected chi connectivity index (χ1v) is 6.21. The van der Waals surface area contributed by atoms with Crippen LogP contribution in [0.4, 0.5) is 0 Å². The standard InChI is InChI=1S/C14H21NO2/c1-4-16-10-14(2)9-12(15-3)11-7-5-6-8-13(11)17-14/h5-8,12,15H,4,9-10H2,1-3H3. The molecule has 0 aromatic heterocycles. The van der Waals surface area contributed by atoms with E-state index < -0.39 is 0 Å². The Morgan fingerprint density at radius 2 is 2.24 bits per heavy atom. The molecule has 1 aliphatic heterocycles. The third kappa shape index (κ3) is 2.61. The molecule has 3 heteroatoms. The van der Waals surface area contributed by atoms with E-state index in [0.29, 0.717) is 12.6 Å². The van der Waals surface area contributed by atoms with Crippen LogP contribution in [-0.4, -0.2) is 25.9 Å². The van der Waals surface area contributed by atoms with Gasteiger partial charge in [-0.05, 0) is 27.0 Å². The first-order chi connectivity index (χ1) is 8.18. The van der Waals surface area contributed by atoms with E-state index in [-0.39, 0.29) is 5.60 Å². The molecule has 1 N–H and O–H groups in total. The third-order valence-electron chi connectivity index (χ3n) is 3.25. The van der Waals surface area contributed by atoms with Gasteiger partial charge in [-0.1, -0.05) is 18.2 Å². The van der Waals surface area contributed by atoms with Crippen molar-refractivity contribution in [2.24, 2.45) is 0 Å². The Morgan fingerprint density at radius 1 is 1.47 bits per heavy atom. The molecule has 1 aromatic carbocycles. The molecule has 0 radical (unpaired) electrons. The van der Waals surface area contributed by atoms with E-state index in [1.807, 2.05) is 26.1 Å². The zero-order valence-corrected chi connectivity index (χ0v) is 10.8. The largest absolute Gasteiger partial charge is 0.485 e. The predicted octanol–water partition coefficient (Wildman–Crippen LogP) is 2.52. The Balaban J connectivity index is 2.23. The average Bonchev–Trinajstić information content (AvgIpc) is 2.35. The highest BCUT2D eigenvalue weighted by Crippen LogP contribution is 2.39. The molecule has 17 heavy (non-hydrogen) atoms. The summed E-state index contributed by atoms with van der Waals surface area (Å²) >= 11 is 0. The third-order valence-corrected chi connectivity index (χ3v) is 3.25. The second-order valence-corrected chi connectivity index (χ2v) is 4.77. The van der Waals surface area contributed by atoms with Gasteiger partial charge in [-0.3, -0.25) is 0 Å². The fourth-order valence-corrected chi connectivity index (χ4v) is 2.37. The normalized spacial score (nSPS) is 27.4. The maximum Gasteiger partial charge on any atom is 0.131 e. The van der Waals surface area contributed by atoms with E-state index in [4.69, 9.17) is 9.47 Å². The fourth-order valence-electron chi connectivity index (χ4n) is 2.37. The summed E-state index contributed by atoms with van der Waals surface area (Å²) in [5, 5.41) is 3.36. The maximum absolute atomic E-state index is 6.09. The topological polar surface area (TPSA) is 30.5 Å².